The Balaban J connectivity index is 1.32. The molecule has 0 spiro atoms. The molecule has 0 saturated carbocycles. The molecule has 45 heavy (non-hydrogen) atoms. The Bertz CT molecular complexity index is 2670. The van der Waals surface area contributed by atoms with Crippen molar-refractivity contribution in [3.05, 3.63) is 163 Å². The summed E-state index contributed by atoms with van der Waals surface area (Å²) in [5, 5.41) is 3.65. The maximum atomic E-state index is 8.62. The van der Waals surface area contributed by atoms with Gasteiger partial charge in [0.2, 0.25) is 0 Å². The van der Waals surface area contributed by atoms with Gasteiger partial charge in [-0.1, -0.05) is 123 Å². The molecule has 9 rings (SSSR count). The van der Waals surface area contributed by atoms with Gasteiger partial charge in [0.25, 0.3) is 0 Å². The molecule has 0 fully saturated rings. The highest BCUT2D eigenvalue weighted by Crippen LogP contribution is 2.51. The summed E-state index contributed by atoms with van der Waals surface area (Å²) in [6.07, 6.45) is 0. The zero-order valence-electron chi connectivity index (χ0n) is 29.9. The minimum atomic E-state index is -0.408. The average molecular weight is 583 g/mol. The smallest absolute Gasteiger partial charge is 0.143 e. The summed E-state index contributed by atoms with van der Waals surface area (Å²) >= 11 is 0. The van der Waals surface area contributed by atoms with Crippen LogP contribution in [0.4, 0.5) is 17.1 Å². The maximum Gasteiger partial charge on any atom is 0.143 e. The molecule has 0 saturated heterocycles. The van der Waals surface area contributed by atoms with Crippen molar-refractivity contribution in [2.24, 2.45) is 0 Å². The van der Waals surface area contributed by atoms with E-state index in [1.807, 2.05) is 30.3 Å². The van der Waals surface area contributed by atoms with Gasteiger partial charge in [-0.2, -0.15) is 0 Å². The molecule has 0 aliphatic heterocycles. The summed E-state index contributed by atoms with van der Waals surface area (Å²) in [7, 11) is 0. The number of hydrogen-bond acceptors (Lipinski definition) is 2. The fourth-order valence-corrected chi connectivity index (χ4v) is 7.15. The lowest BCUT2D eigenvalue weighted by Gasteiger charge is -2.29. The third-order valence-corrected chi connectivity index (χ3v) is 9.32. The Hall–Kier alpha value is -5.60. The van der Waals surface area contributed by atoms with Crippen molar-refractivity contribution in [2.45, 2.75) is 19.3 Å². The summed E-state index contributed by atoms with van der Waals surface area (Å²) in [5.41, 5.74) is 10.1. The fraction of sp³-hybridized carbons (Fsp3) is 0.0698. The zero-order valence-corrected chi connectivity index (χ0v) is 24.9. The summed E-state index contributed by atoms with van der Waals surface area (Å²) in [4.78, 5) is 2.30. The van der Waals surface area contributed by atoms with E-state index >= 15 is 0 Å². The van der Waals surface area contributed by atoms with Gasteiger partial charge in [0.15, 0.2) is 0 Å². The number of hydrogen-bond donors (Lipinski definition) is 0. The molecule has 0 N–H and O–H groups in total. The third-order valence-electron chi connectivity index (χ3n) is 9.32. The van der Waals surface area contributed by atoms with Crippen molar-refractivity contribution >= 4 is 49.8 Å². The first-order valence-electron chi connectivity index (χ1n) is 17.7. The lowest BCUT2D eigenvalue weighted by Crippen LogP contribution is -2.16. The number of anilines is 3. The third kappa shape index (κ3) is 3.89. The van der Waals surface area contributed by atoms with Gasteiger partial charge in [-0.15, -0.1) is 0 Å². The van der Waals surface area contributed by atoms with E-state index in [2.05, 4.69) is 104 Å². The molecular weight excluding hydrogens is 546 g/mol. The monoisotopic (exact) mass is 582 g/mol. The van der Waals surface area contributed by atoms with Gasteiger partial charge in [0.1, 0.15) is 11.2 Å². The van der Waals surface area contributed by atoms with Crippen LogP contribution in [0.2, 0.25) is 0 Å². The molecule has 0 unspecified atom stereocenters. The van der Waals surface area contributed by atoms with Gasteiger partial charge < -0.3 is 9.32 Å². The van der Waals surface area contributed by atoms with Gasteiger partial charge in [-0.05, 0) is 75.8 Å². The summed E-state index contributed by atoms with van der Waals surface area (Å²) in [5.74, 6) is 0. The molecule has 0 bridgehead atoms. The van der Waals surface area contributed by atoms with E-state index in [-0.39, 0.29) is 35.1 Å². The number of benzene rings is 7. The second-order valence-corrected chi connectivity index (χ2v) is 12.2. The molecule has 2 heteroatoms. The predicted octanol–water partition coefficient (Wildman–Crippen LogP) is 12.2. The molecule has 8 aromatic rings. The van der Waals surface area contributed by atoms with E-state index in [4.69, 9.17) is 11.3 Å². The van der Waals surface area contributed by atoms with Crippen LogP contribution in [0.1, 0.15) is 31.8 Å². The van der Waals surface area contributed by atoms with Crippen molar-refractivity contribution in [3.8, 4) is 22.3 Å². The Morgan fingerprint density at radius 2 is 1.29 bits per heavy atom. The van der Waals surface area contributed by atoms with Crippen molar-refractivity contribution in [1.82, 2.24) is 0 Å². The van der Waals surface area contributed by atoms with Gasteiger partial charge in [-0.3, -0.25) is 0 Å². The van der Waals surface area contributed by atoms with E-state index in [0.29, 0.717) is 11.1 Å². The first-order chi connectivity index (χ1) is 24.1. The number of furan rings is 1. The van der Waals surface area contributed by atoms with E-state index < -0.39 is 6.04 Å². The van der Waals surface area contributed by atoms with Crippen LogP contribution in [0.3, 0.4) is 0 Å². The van der Waals surface area contributed by atoms with Crippen LogP contribution >= 0.6 is 0 Å². The molecule has 214 valence electrons. The molecule has 0 atom stereocenters. The Morgan fingerprint density at radius 1 is 0.556 bits per heavy atom. The first-order valence-corrected chi connectivity index (χ1v) is 15.2. The largest absolute Gasteiger partial charge is 0.455 e. The maximum absolute atomic E-state index is 8.62. The minimum Gasteiger partial charge on any atom is -0.455 e. The molecular formula is C43H31NO. The van der Waals surface area contributed by atoms with E-state index in [1.165, 1.54) is 22.3 Å². The van der Waals surface area contributed by atoms with Crippen LogP contribution in [0, 0.1) is 0 Å². The van der Waals surface area contributed by atoms with Crippen LogP contribution in [0.5, 0.6) is 0 Å². The highest BCUT2D eigenvalue weighted by Gasteiger charge is 2.35. The van der Waals surface area contributed by atoms with Gasteiger partial charge in [-0.25, -0.2) is 0 Å². The summed E-state index contributed by atoms with van der Waals surface area (Å²) in [6.45, 7) is 4.58. The van der Waals surface area contributed by atoms with Gasteiger partial charge >= 0.3 is 0 Å². The first kappa shape index (κ1) is 21.2. The molecule has 1 heterocycles. The predicted molar refractivity (Wildman–Crippen MR) is 189 cm³/mol. The fourth-order valence-electron chi connectivity index (χ4n) is 7.15. The van der Waals surface area contributed by atoms with Crippen molar-refractivity contribution in [3.63, 3.8) is 0 Å². The molecule has 1 aromatic heterocycles. The second-order valence-electron chi connectivity index (χ2n) is 12.2. The topological polar surface area (TPSA) is 16.4 Å². The van der Waals surface area contributed by atoms with Crippen LogP contribution in [0.25, 0.3) is 55.0 Å². The van der Waals surface area contributed by atoms with E-state index in [9.17, 15) is 0 Å². The molecule has 7 aromatic carbocycles. The van der Waals surface area contributed by atoms with E-state index in [0.717, 1.165) is 44.2 Å². The molecule has 0 amide bonds. The normalized spacial score (nSPS) is 14.8. The second kappa shape index (κ2) is 9.70. The van der Waals surface area contributed by atoms with Crippen molar-refractivity contribution in [2.75, 3.05) is 4.90 Å². The average Bonchev–Trinajstić information content (AvgIpc) is 3.62. The van der Waals surface area contributed by atoms with Crippen LogP contribution < -0.4 is 4.90 Å². The van der Waals surface area contributed by atoms with E-state index in [1.54, 1.807) is 6.07 Å². The minimum absolute atomic E-state index is 0.168. The highest BCUT2D eigenvalue weighted by molar-refractivity contribution is 6.20. The molecule has 1 aliphatic rings. The number of rotatable bonds is 4. The SMILES string of the molecule is [2H]c1c([2H])c([2H])c(-c2ccc3oc4c5ccccc5c(N(c5ccccc5)c5ccc6c(c5)C(C)(C)c5ccccc5-6)cc4c3c2)c([2H])c1[2H]. The van der Waals surface area contributed by atoms with Gasteiger partial charge in [0.05, 0.1) is 12.5 Å². The van der Waals surface area contributed by atoms with Gasteiger partial charge in [0, 0.05) is 38.3 Å². The van der Waals surface area contributed by atoms with Crippen molar-refractivity contribution < 1.29 is 11.3 Å². The lowest BCUT2D eigenvalue weighted by molar-refractivity contribution is 0.660. The Labute approximate surface area is 269 Å². The van der Waals surface area contributed by atoms with Crippen molar-refractivity contribution in [1.29, 1.82) is 0 Å². The Kier molecular flexibility index (Phi) is 4.56. The number of para-hydroxylation sites is 1. The summed E-state index contributed by atoms with van der Waals surface area (Å²) < 4.78 is 48.4. The number of fused-ring (bicyclic) bond motifs is 8. The summed E-state index contributed by atoms with van der Waals surface area (Å²) in [6, 6.07) is 40.1. The number of nitrogens with zero attached hydrogens (tertiary/aromatic N) is 1. The Morgan fingerprint density at radius 3 is 2.13 bits per heavy atom. The molecule has 0 radical (unpaired) electrons. The standard InChI is InChI=1S/C43H31NO/c1-43(2)38-20-12-11-17-32(38)33-23-22-31(26-39(33)43)44(30-15-7-4-8-16-30)40-27-37-36-25-29(28-13-5-3-6-14-28)21-24-41(36)45-42(37)35-19-10-9-18-34(35)40/h3-27H,1-2H3/i3D,5D,6D,13D,14D. The quantitative estimate of drug-likeness (QED) is 0.205. The van der Waals surface area contributed by atoms with Crippen LogP contribution in [-0.4, -0.2) is 0 Å². The zero-order chi connectivity index (χ0) is 34.5. The molecule has 2 nitrogen and oxygen atoms in total. The highest BCUT2D eigenvalue weighted by atomic mass is 16.3. The molecule has 1 aliphatic carbocycles. The van der Waals surface area contributed by atoms with Crippen LogP contribution in [-0.2, 0) is 5.41 Å². The van der Waals surface area contributed by atoms with Crippen LogP contribution in [0.15, 0.2) is 156 Å². The lowest BCUT2D eigenvalue weighted by atomic mass is 9.82.